The van der Waals surface area contributed by atoms with Crippen molar-refractivity contribution in [1.82, 2.24) is 5.32 Å². The van der Waals surface area contributed by atoms with Gasteiger partial charge in [0.1, 0.15) is 0 Å². The van der Waals surface area contributed by atoms with Gasteiger partial charge in [-0.25, -0.2) is 0 Å². The van der Waals surface area contributed by atoms with Crippen molar-refractivity contribution in [2.75, 3.05) is 20.2 Å². The topological polar surface area (TPSA) is 38.3 Å². The van der Waals surface area contributed by atoms with Crippen LogP contribution in [-0.2, 0) is 9.53 Å². The Morgan fingerprint density at radius 1 is 1.50 bits per heavy atom. The lowest BCUT2D eigenvalue weighted by Gasteiger charge is -2.21. The van der Waals surface area contributed by atoms with Crippen LogP contribution >= 0.6 is 0 Å². The quantitative estimate of drug-likeness (QED) is 0.501. The standard InChI is InChI=1S/C9H19NO2/c1-5-6-10-7-9(2,3)8(11)12-4/h10H,5-7H2,1-4H3. The maximum absolute atomic E-state index is 11.2. The van der Waals surface area contributed by atoms with E-state index in [0.717, 1.165) is 13.0 Å². The first-order valence-corrected chi connectivity index (χ1v) is 4.33. The molecule has 0 saturated carbocycles. The van der Waals surface area contributed by atoms with Crippen LogP contribution in [0.3, 0.4) is 0 Å². The Kier molecular flexibility index (Phi) is 4.90. The number of hydrogen-bond acceptors (Lipinski definition) is 3. The molecule has 0 aliphatic rings. The van der Waals surface area contributed by atoms with E-state index >= 15 is 0 Å². The molecule has 0 amide bonds. The predicted octanol–water partition coefficient (Wildman–Crippen LogP) is 1.19. The molecule has 12 heavy (non-hydrogen) atoms. The fourth-order valence-corrected chi connectivity index (χ4v) is 0.926. The van der Waals surface area contributed by atoms with Crippen LogP contribution in [-0.4, -0.2) is 26.2 Å². The summed E-state index contributed by atoms with van der Waals surface area (Å²) in [5.41, 5.74) is -0.413. The summed E-state index contributed by atoms with van der Waals surface area (Å²) in [6.07, 6.45) is 1.08. The van der Waals surface area contributed by atoms with Crippen LogP contribution in [0, 0.1) is 5.41 Å². The number of esters is 1. The normalized spacial score (nSPS) is 11.3. The van der Waals surface area contributed by atoms with Crippen molar-refractivity contribution in [3.8, 4) is 0 Å². The molecule has 0 aromatic carbocycles. The molecule has 3 nitrogen and oxygen atoms in total. The van der Waals surface area contributed by atoms with Crippen LogP contribution in [0.25, 0.3) is 0 Å². The van der Waals surface area contributed by atoms with E-state index in [1.54, 1.807) is 0 Å². The van der Waals surface area contributed by atoms with E-state index in [0.29, 0.717) is 6.54 Å². The number of methoxy groups -OCH3 is 1. The van der Waals surface area contributed by atoms with E-state index in [4.69, 9.17) is 0 Å². The molecule has 0 unspecified atom stereocenters. The highest BCUT2D eigenvalue weighted by Crippen LogP contribution is 2.14. The molecule has 0 aromatic rings. The van der Waals surface area contributed by atoms with Gasteiger partial charge in [0.15, 0.2) is 0 Å². The lowest BCUT2D eigenvalue weighted by molar-refractivity contribution is -0.150. The second-order valence-electron chi connectivity index (χ2n) is 3.55. The van der Waals surface area contributed by atoms with Crippen LogP contribution in [0.15, 0.2) is 0 Å². The molecule has 0 fully saturated rings. The fraction of sp³-hybridized carbons (Fsp3) is 0.889. The molecule has 0 aliphatic heterocycles. The first-order chi connectivity index (χ1) is 5.54. The number of carbonyl (C=O) groups excluding carboxylic acids is 1. The second-order valence-corrected chi connectivity index (χ2v) is 3.55. The van der Waals surface area contributed by atoms with E-state index < -0.39 is 5.41 Å². The van der Waals surface area contributed by atoms with Gasteiger partial charge in [0, 0.05) is 6.54 Å². The fourth-order valence-electron chi connectivity index (χ4n) is 0.926. The van der Waals surface area contributed by atoms with Crippen LogP contribution in [0.5, 0.6) is 0 Å². The summed E-state index contributed by atoms with van der Waals surface area (Å²) in [5, 5.41) is 3.19. The summed E-state index contributed by atoms with van der Waals surface area (Å²) in [4.78, 5) is 11.2. The Morgan fingerprint density at radius 3 is 2.50 bits per heavy atom. The van der Waals surface area contributed by atoms with Gasteiger partial charge < -0.3 is 10.1 Å². The molecule has 3 heteroatoms. The second kappa shape index (κ2) is 5.14. The van der Waals surface area contributed by atoms with Gasteiger partial charge in [-0.05, 0) is 26.8 Å². The summed E-state index contributed by atoms with van der Waals surface area (Å²) in [6, 6.07) is 0. The zero-order valence-electron chi connectivity index (χ0n) is 8.44. The van der Waals surface area contributed by atoms with Crippen molar-refractivity contribution in [2.24, 2.45) is 5.41 Å². The molecule has 1 N–H and O–H groups in total. The van der Waals surface area contributed by atoms with Gasteiger partial charge in [0.2, 0.25) is 0 Å². The van der Waals surface area contributed by atoms with Crippen molar-refractivity contribution < 1.29 is 9.53 Å². The van der Waals surface area contributed by atoms with Crippen molar-refractivity contribution in [1.29, 1.82) is 0 Å². The molecule has 0 bridgehead atoms. The minimum atomic E-state index is -0.413. The zero-order valence-corrected chi connectivity index (χ0v) is 8.44. The van der Waals surface area contributed by atoms with Gasteiger partial charge in [-0.15, -0.1) is 0 Å². The Balaban J connectivity index is 3.78. The van der Waals surface area contributed by atoms with E-state index in [2.05, 4.69) is 17.0 Å². The molecule has 0 radical (unpaired) electrons. The zero-order chi connectivity index (χ0) is 9.61. The lowest BCUT2D eigenvalue weighted by Crippen LogP contribution is -2.37. The molecule has 0 rings (SSSR count). The number of rotatable bonds is 5. The lowest BCUT2D eigenvalue weighted by atomic mass is 9.94. The molecule has 0 saturated heterocycles. The van der Waals surface area contributed by atoms with Gasteiger partial charge in [-0.2, -0.15) is 0 Å². The summed E-state index contributed by atoms with van der Waals surface area (Å²) in [5.74, 6) is -0.161. The van der Waals surface area contributed by atoms with Gasteiger partial charge in [-0.1, -0.05) is 6.92 Å². The van der Waals surface area contributed by atoms with Gasteiger partial charge in [0.05, 0.1) is 12.5 Å². The highest BCUT2D eigenvalue weighted by molar-refractivity contribution is 5.75. The minimum Gasteiger partial charge on any atom is -0.469 e. The van der Waals surface area contributed by atoms with Crippen molar-refractivity contribution >= 4 is 5.97 Å². The Labute approximate surface area is 74.5 Å². The molecule has 0 atom stereocenters. The highest BCUT2D eigenvalue weighted by Gasteiger charge is 2.27. The molecular formula is C9H19NO2. The Bertz CT molecular complexity index is 143. The number of nitrogens with one attached hydrogen (secondary N) is 1. The monoisotopic (exact) mass is 173 g/mol. The predicted molar refractivity (Wildman–Crippen MR) is 49.0 cm³/mol. The van der Waals surface area contributed by atoms with Crippen molar-refractivity contribution in [2.45, 2.75) is 27.2 Å². The minimum absolute atomic E-state index is 0.161. The van der Waals surface area contributed by atoms with Crippen LogP contribution in [0.4, 0.5) is 0 Å². The van der Waals surface area contributed by atoms with Gasteiger partial charge >= 0.3 is 5.97 Å². The summed E-state index contributed by atoms with van der Waals surface area (Å²) < 4.78 is 4.67. The Morgan fingerprint density at radius 2 is 2.08 bits per heavy atom. The first-order valence-electron chi connectivity index (χ1n) is 4.33. The van der Waals surface area contributed by atoms with Crippen molar-refractivity contribution in [3.63, 3.8) is 0 Å². The third-order valence-electron chi connectivity index (χ3n) is 1.73. The third kappa shape index (κ3) is 3.72. The maximum atomic E-state index is 11.2. The molecule has 0 heterocycles. The molecule has 0 aromatic heterocycles. The smallest absolute Gasteiger partial charge is 0.312 e. The average Bonchev–Trinajstić information content (AvgIpc) is 2.03. The molecule has 72 valence electrons. The van der Waals surface area contributed by atoms with Gasteiger partial charge in [0.25, 0.3) is 0 Å². The Hall–Kier alpha value is -0.570. The molecule has 0 spiro atoms. The van der Waals surface area contributed by atoms with Crippen LogP contribution < -0.4 is 5.32 Å². The largest absolute Gasteiger partial charge is 0.469 e. The van der Waals surface area contributed by atoms with E-state index in [1.165, 1.54) is 7.11 Å². The summed E-state index contributed by atoms with van der Waals surface area (Å²) >= 11 is 0. The maximum Gasteiger partial charge on any atom is 0.312 e. The average molecular weight is 173 g/mol. The van der Waals surface area contributed by atoms with E-state index in [1.807, 2.05) is 13.8 Å². The SMILES string of the molecule is CCCNCC(C)(C)C(=O)OC. The highest BCUT2D eigenvalue weighted by atomic mass is 16.5. The number of hydrogen-bond donors (Lipinski definition) is 1. The summed E-state index contributed by atoms with van der Waals surface area (Å²) in [7, 11) is 1.42. The molecule has 0 aliphatic carbocycles. The third-order valence-corrected chi connectivity index (χ3v) is 1.73. The number of ether oxygens (including phenoxy) is 1. The van der Waals surface area contributed by atoms with Crippen LogP contribution in [0.2, 0.25) is 0 Å². The van der Waals surface area contributed by atoms with E-state index in [9.17, 15) is 4.79 Å². The van der Waals surface area contributed by atoms with E-state index in [-0.39, 0.29) is 5.97 Å². The number of carbonyl (C=O) groups is 1. The first kappa shape index (κ1) is 11.4. The van der Waals surface area contributed by atoms with Crippen LogP contribution in [0.1, 0.15) is 27.2 Å². The van der Waals surface area contributed by atoms with Gasteiger partial charge in [-0.3, -0.25) is 4.79 Å². The summed E-state index contributed by atoms with van der Waals surface area (Å²) in [6.45, 7) is 7.47. The van der Waals surface area contributed by atoms with Crippen molar-refractivity contribution in [3.05, 3.63) is 0 Å². The molecular weight excluding hydrogens is 154 g/mol.